The van der Waals surface area contributed by atoms with Crippen molar-refractivity contribution in [1.82, 2.24) is 4.98 Å². The number of nitrogens with one attached hydrogen (secondary N) is 1. The summed E-state index contributed by atoms with van der Waals surface area (Å²) in [7, 11) is 0. The Kier molecular flexibility index (Phi) is 2.14. The van der Waals surface area contributed by atoms with E-state index >= 15 is 0 Å². The molecule has 2 aromatic rings. The molecule has 1 aliphatic carbocycles. The number of hydrogen-bond acceptors (Lipinski definition) is 1. The molecule has 1 aromatic carbocycles. The number of aryl methyl sites for hydroxylation is 3. The first-order valence-electron chi connectivity index (χ1n) is 6.37. The van der Waals surface area contributed by atoms with Crippen molar-refractivity contribution < 1.29 is 0 Å². The summed E-state index contributed by atoms with van der Waals surface area (Å²) in [6.45, 7) is 7.31. The zero-order valence-corrected chi connectivity index (χ0v) is 10.9. The van der Waals surface area contributed by atoms with Crippen LogP contribution in [0.3, 0.4) is 0 Å². The van der Waals surface area contributed by atoms with Crippen LogP contribution in [0.2, 0.25) is 0 Å². The maximum absolute atomic E-state index is 5.99. The number of fused-ring (bicyclic) bond motifs is 1. The van der Waals surface area contributed by atoms with Gasteiger partial charge in [0.1, 0.15) is 0 Å². The first-order valence-corrected chi connectivity index (χ1v) is 6.37. The summed E-state index contributed by atoms with van der Waals surface area (Å²) in [5.41, 5.74) is 13.0. The molecule has 0 spiro atoms. The van der Waals surface area contributed by atoms with Crippen molar-refractivity contribution in [3.8, 4) is 0 Å². The van der Waals surface area contributed by atoms with Gasteiger partial charge in [0.25, 0.3) is 0 Å². The molecule has 0 unspecified atom stereocenters. The lowest BCUT2D eigenvalue weighted by atomic mass is 9.91. The zero-order valence-electron chi connectivity index (χ0n) is 10.9. The fraction of sp³-hybridized carbons (Fsp3) is 0.467. The second-order valence-electron chi connectivity index (χ2n) is 5.61. The molecule has 1 aliphatic rings. The van der Waals surface area contributed by atoms with E-state index in [1.54, 1.807) is 0 Å². The first kappa shape index (κ1) is 10.8. The monoisotopic (exact) mass is 228 g/mol. The lowest BCUT2D eigenvalue weighted by Gasteiger charge is -2.14. The fourth-order valence-electron chi connectivity index (χ4n) is 3.22. The van der Waals surface area contributed by atoms with E-state index in [2.05, 4.69) is 37.9 Å². The molecule has 17 heavy (non-hydrogen) atoms. The molecule has 0 saturated heterocycles. The van der Waals surface area contributed by atoms with Gasteiger partial charge in [-0.2, -0.15) is 0 Å². The summed E-state index contributed by atoms with van der Waals surface area (Å²) in [6, 6.07) is 4.51. The fourth-order valence-corrected chi connectivity index (χ4v) is 3.22. The largest absolute Gasteiger partial charge is 0.358 e. The van der Waals surface area contributed by atoms with Crippen LogP contribution in [0, 0.1) is 20.8 Å². The summed E-state index contributed by atoms with van der Waals surface area (Å²) < 4.78 is 0. The number of benzene rings is 1. The van der Waals surface area contributed by atoms with Gasteiger partial charge in [-0.1, -0.05) is 6.07 Å². The summed E-state index contributed by atoms with van der Waals surface area (Å²) in [6.07, 6.45) is 2.48. The van der Waals surface area contributed by atoms with E-state index < -0.39 is 0 Å². The molecule has 90 valence electrons. The highest BCUT2D eigenvalue weighted by molar-refractivity contribution is 5.90. The van der Waals surface area contributed by atoms with E-state index in [-0.39, 0.29) is 5.41 Å². The summed E-state index contributed by atoms with van der Waals surface area (Å²) >= 11 is 0. The maximum Gasteiger partial charge on any atom is 0.0464 e. The Balaban J connectivity index is 2.35. The van der Waals surface area contributed by atoms with Crippen molar-refractivity contribution in [2.75, 3.05) is 6.54 Å². The molecule has 2 nitrogen and oxygen atoms in total. The Labute approximate surface area is 102 Å². The Bertz CT molecular complexity index is 588. The van der Waals surface area contributed by atoms with Crippen LogP contribution < -0.4 is 5.73 Å². The third kappa shape index (κ3) is 1.44. The van der Waals surface area contributed by atoms with Gasteiger partial charge in [0, 0.05) is 28.6 Å². The molecule has 2 heteroatoms. The molecule has 1 saturated carbocycles. The second kappa shape index (κ2) is 3.36. The zero-order chi connectivity index (χ0) is 12.2. The van der Waals surface area contributed by atoms with Crippen LogP contribution in [-0.2, 0) is 5.41 Å². The molecule has 0 atom stereocenters. The third-order valence-electron chi connectivity index (χ3n) is 4.20. The lowest BCUT2D eigenvalue weighted by molar-refractivity contribution is 0.704. The van der Waals surface area contributed by atoms with Crippen LogP contribution >= 0.6 is 0 Å². The summed E-state index contributed by atoms with van der Waals surface area (Å²) in [5.74, 6) is 0. The van der Waals surface area contributed by atoms with Gasteiger partial charge in [0.2, 0.25) is 0 Å². The Morgan fingerprint density at radius 2 is 1.94 bits per heavy atom. The predicted molar refractivity (Wildman–Crippen MR) is 72.5 cm³/mol. The number of H-pyrrole nitrogens is 1. The van der Waals surface area contributed by atoms with E-state index in [1.165, 1.54) is 46.1 Å². The predicted octanol–water partition coefficient (Wildman–Crippen LogP) is 3.08. The minimum absolute atomic E-state index is 0.266. The Hall–Kier alpha value is -1.28. The van der Waals surface area contributed by atoms with E-state index in [0.29, 0.717) is 0 Å². The molecule has 0 amide bonds. The Morgan fingerprint density at radius 3 is 2.53 bits per heavy atom. The molecule has 0 bridgehead atoms. The molecule has 1 aromatic heterocycles. The highest BCUT2D eigenvalue weighted by atomic mass is 14.8. The summed E-state index contributed by atoms with van der Waals surface area (Å²) in [4.78, 5) is 3.53. The molecule has 1 heterocycles. The number of aromatic amines is 1. The average Bonchev–Trinajstić information content (AvgIpc) is 2.97. The number of rotatable bonds is 2. The Morgan fingerprint density at radius 1 is 1.24 bits per heavy atom. The van der Waals surface area contributed by atoms with E-state index in [4.69, 9.17) is 5.73 Å². The normalized spacial score (nSPS) is 17.6. The van der Waals surface area contributed by atoms with Crippen LogP contribution in [0.5, 0.6) is 0 Å². The number of hydrogen-bond donors (Lipinski definition) is 2. The van der Waals surface area contributed by atoms with E-state index in [1.807, 2.05) is 0 Å². The maximum atomic E-state index is 5.99. The van der Waals surface area contributed by atoms with Gasteiger partial charge >= 0.3 is 0 Å². The molecule has 0 aliphatic heterocycles. The van der Waals surface area contributed by atoms with Gasteiger partial charge < -0.3 is 10.7 Å². The van der Waals surface area contributed by atoms with Crippen LogP contribution in [0.25, 0.3) is 10.9 Å². The molecular weight excluding hydrogens is 208 g/mol. The van der Waals surface area contributed by atoms with Crippen molar-refractivity contribution in [3.63, 3.8) is 0 Å². The highest BCUT2D eigenvalue weighted by Crippen LogP contribution is 2.51. The van der Waals surface area contributed by atoms with Crippen molar-refractivity contribution in [2.45, 2.75) is 39.0 Å². The molecule has 3 rings (SSSR count). The molecule has 0 radical (unpaired) electrons. The van der Waals surface area contributed by atoms with Crippen LogP contribution in [0.4, 0.5) is 0 Å². The van der Waals surface area contributed by atoms with Gasteiger partial charge in [0.15, 0.2) is 0 Å². The standard InChI is InChI=1S/C15H20N2/c1-9-6-10(2)13-12(7-9)17-11(3)14(13)15(8-16)4-5-15/h6-7,17H,4-5,8,16H2,1-3H3. The quantitative estimate of drug-likeness (QED) is 0.815. The van der Waals surface area contributed by atoms with Crippen LogP contribution in [-0.4, -0.2) is 11.5 Å². The summed E-state index contributed by atoms with van der Waals surface area (Å²) in [5, 5.41) is 1.41. The minimum Gasteiger partial charge on any atom is -0.358 e. The minimum atomic E-state index is 0.266. The van der Waals surface area contributed by atoms with Crippen LogP contribution in [0.15, 0.2) is 12.1 Å². The van der Waals surface area contributed by atoms with Gasteiger partial charge in [-0.15, -0.1) is 0 Å². The molecular formula is C15H20N2. The van der Waals surface area contributed by atoms with Crippen molar-refractivity contribution >= 4 is 10.9 Å². The van der Waals surface area contributed by atoms with Gasteiger partial charge in [-0.3, -0.25) is 0 Å². The molecule has 1 fully saturated rings. The number of nitrogens with two attached hydrogens (primary N) is 1. The van der Waals surface area contributed by atoms with E-state index in [9.17, 15) is 0 Å². The molecule has 3 N–H and O–H groups in total. The smallest absolute Gasteiger partial charge is 0.0464 e. The van der Waals surface area contributed by atoms with Gasteiger partial charge in [-0.05, 0) is 56.4 Å². The topological polar surface area (TPSA) is 41.8 Å². The first-order chi connectivity index (χ1) is 8.07. The van der Waals surface area contributed by atoms with Crippen molar-refractivity contribution in [3.05, 3.63) is 34.5 Å². The van der Waals surface area contributed by atoms with E-state index in [0.717, 1.165) is 6.54 Å². The van der Waals surface area contributed by atoms with Crippen molar-refractivity contribution in [2.24, 2.45) is 5.73 Å². The average molecular weight is 228 g/mol. The number of aromatic nitrogens is 1. The third-order valence-corrected chi connectivity index (χ3v) is 4.20. The van der Waals surface area contributed by atoms with Gasteiger partial charge in [0.05, 0.1) is 0 Å². The SMILES string of the molecule is Cc1cc(C)c2c(C3(CN)CC3)c(C)[nH]c2c1. The van der Waals surface area contributed by atoms with Gasteiger partial charge in [-0.25, -0.2) is 0 Å². The lowest BCUT2D eigenvalue weighted by Crippen LogP contribution is -2.20. The van der Waals surface area contributed by atoms with Crippen LogP contribution in [0.1, 0.15) is 35.2 Å². The highest BCUT2D eigenvalue weighted by Gasteiger charge is 2.45. The van der Waals surface area contributed by atoms with Crippen molar-refractivity contribution in [1.29, 1.82) is 0 Å². The second-order valence-corrected chi connectivity index (χ2v) is 5.61.